The molecular weight excluding hydrogens is 322 g/mol. The van der Waals surface area contributed by atoms with E-state index in [1.165, 1.54) is 16.8 Å². The van der Waals surface area contributed by atoms with Crippen molar-refractivity contribution in [3.63, 3.8) is 0 Å². The number of hydrogen-bond acceptors (Lipinski definition) is 5. The molecule has 0 bridgehead atoms. The molecule has 2 aromatic heterocycles. The maximum Gasteiger partial charge on any atom is 0.328 e. The van der Waals surface area contributed by atoms with Crippen molar-refractivity contribution in [1.82, 2.24) is 19.9 Å². The van der Waals surface area contributed by atoms with E-state index in [2.05, 4.69) is 20.2 Å². The van der Waals surface area contributed by atoms with Crippen LogP contribution in [0.3, 0.4) is 0 Å². The molecule has 1 aliphatic heterocycles. The molecule has 1 aliphatic rings. The number of aromatic nitrogens is 3. The molecule has 0 aliphatic carbocycles. The molecule has 0 radical (unpaired) electrons. The molecule has 2 aromatic rings. The summed E-state index contributed by atoms with van der Waals surface area (Å²) in [6, 6.07) is 7.07. The van der Waals surface area contributed by atoms with Gasteiger partial charge in [-0.3, -0.25) is 19.1 Å². The Morgan fingerprint density at radius 2 is 2.20 bits per heavy atom. The molecule has 0 saturated carbocycles. The van der Waals surface area contributed by atoms with E-state index < -0.39 is 11.2 Å². The minimum atomic E-state index is -0.582. The quantitative estimate of drug-likeness (QED) is 0.794. The van der Waals surface area contributed by atoms with Gasteiger partial charge in [-0.1, -0.05) is 6.07 Å². The van der Waals surface area contributed by atoms with Crippen LogP contribution in [0.4, 0.5) is 5.82 Å². The average Bonchev–Trinajstić information content (AvgIpc) is 2.63. The van der Waals surface area contributed by atoms with Gasteiger partial charge in [-0.25, -0.2) is 9.78 Å². The van der Waals surface area contributed by atoms with E-state index >= 15 is 0 Å². The first kappa shape index (κ1) is 16.9. The molecule has 1 saturated heterocycles. The van der Waals surface area contributed by atoms with E-state index in [1.54, 1.807) is 6.20 Å². The Bertz CT molecular complexity index is 830. The molecule has 25 heavy (non-hydrogen) atoms. The Labute approximate surface area is 144 Å². The highest BCUT2D eigenvalue weighted by Gasteiger charge is 2.21. The van der Waals surface area contributed by atoms with Gasteiger partial charge in [0.15, 0.2) is 0 Å². The number of nitrogens with zero attached hydrogens (tertiary/aromatic N) is 3. The fraction of sp³-hybridized carbons (Fsp3) is 0.412. The van der Waals surface area contributed by atoms with Crippen molar-refractivity contribution in [3.05, 3.63) is 57.5 Å². The third kappa shape index (κ3) is 4.56. The lowest BCUT2D eigenvalue weighted by Crippen LogP contribution is -2.42. The first-order valence-corrected chi connectivity index (χ1v) is 8.34. The predicted molar refractivity (Wildman–Crippen MR) is 93.5 cm³/mol. The third-order valence-corrected chi connectivity index (χ3v) is 4.29. The molecule has 2 N–H and O–H groups in total. The number of anilines is 1. The van der Waals surface area contributed by atoms with Gasteiger partial charge < -0.3 is 10.2 Å². The fourth-order valence-electron chi connectivity index (χ4n) is 3.02. The number of pyridine rings is 1. The van der Waals surface area contributed by atoms with Gasteiger partial charge in [-0.2, -0.15) is 0 Å². The zero-order valence-electron chi connectivity index (χ0n) is 13.9. The second kappa shape index (κ2) is 7.78. The molecule has 1 fully saturated rings. The third-order valence-electron chi connectivity index (χ3n) is 4.29. The number of H-pyrrole nitrogens is 1. The maximum absolute atomic E-state index is 12.1. The summed E-state index contributed by atoms with van der Waals surface area (Å²) in [4.78, 5) is 43.4. The monoisotopic (exact) mass is 343 g/mol. The van der Waals surface area contributed by atoms with Gasteiger partial charge in [0.25, 0.3) is 5.56 Å². The highest BCUT2D eigenvalue weighted by molar-refractivity contribution is 5.75. The highest BCUT2D eigenvalue weighted by Crippen LogP contribution is 2.20. The molecule has 3 rings (SSSR count). The highest BCUT2D eigenvalue weighted by atomic mass is 16.2. The summed E-state index contributed by atoms with van der Waals surface area (Å²) in [5.74, 6) is 1.05. The number of hydrogen-bond donors (Lipinski definition) is 2. The summed E-state index contributed by atoms with van der Waals surface area (Å²) in [6.45, 7) is 2.26. The molecule has 1 amide bonds. The Morgan fingerprint density at radius 3 is 2.96 bits per heavy atom. The van der Waals surface area contributed by atoms with Gasteiger partial charge in [0, 0.05) is 38.1 Å². The average molecular weight is 343 g/mol. The number of amides is 1. The van der Waals surface area contributed by atoms with Gasteiger partial charge >= 0.3 is 5.69 Å². The van der Waals surface area contributed by atoms with Crippen LogP contribution >= 0.6 is 0 Å². The number of rotatable bonds is 5. The van der Waals surface area contributed by atoms with Crippen molar-refractivity contribution in [2.75, 3.05) is 24.5 Å². The van der Waals surface area contributed by atoms with Crippen molar-refractivity contribution in [2.45, 2.75) is 19.4 Å². The Balaban J connectivity index is 1.51. The van der Waals surface area contributed by atoms with Crippen molar-refractivity contribution >= 4 is 11.7 Å². The molecule has 8 nitrogen and oxygen atoms in total. The molecule has 1 atom stereocenters. The van der Waals surface area contributed by atoms with Crippen LogP contribution in [0.1, 0.15) is 12.8 Å². The van der Waals surface area contributed by atoms with Crippen molar-refractivity contribution in [1.29, 1.82) is 0 Å². The minimum absolute atomic E-state index is 0.105. The van der Waals surface area contributed by atoms with Crippen LogP contribution in [0, 0.1) is 5.92 Å². The van der Waals surface area contributed by atoms with Crippen LogP contribution in [0.25, 0.3) is 0 Å². The van der Waals surface area contributed by atoms with Crippen LogP contribution in [-0.4, -0.2) is 40.1 Å². The van der Waals surface area contributed by atoms with E-state index in [1.807, 2.05) is 18.2 Å². The molecule has 8 heteroatoms. The lowest BCUT2D eigenvalue weighted by Gasteiger charge is -2.33. The minimum Gasteiger partial charge on any atom is -0.356 e. The SMILES string of the molecule is O=C(Cn1ccc(=O)[nH]c1=O)NC[C@@H]1CCCN(c2ccccn2)C1. The smallest absolute Gasteiger partial charge is 0.328 e. The summed E-state index contributed by atoms with van der Waals surface area (Å²) < 4.78 is 1.18. The lowest BCUT2D eigenvalue weighted by molar-refractivity contribution is -0.121. The second-order valence-corrected chi connectivity index (χ2v) is 6.18. The van der Waals surface area contributed by atoms with E-state index in [4.69, 9.17) is 0 Å². The largest absolute Gasteiger partial charge is 0.356 e. The van der Waals surface area contributed by atoms with Crippen molar-refractivity contribution < 1.29 is 4.79 Å². The summed E-state index contributed by atoms with van der Waals surface area (Å²) >= 11 is 0. The van der Waals surface area contributed by atoms with Crippen LogP contribution < -0.4 is 21.5 Å². The van der Waals surface area contributed by atoms with Crippen molar-refractivity contribution in [2.24, 2.45) is 5.92 Å². The molecule has 132 valence electrons. The molecule has 0 unspecified atom stereocenters. The topological polar surface area (TPSA) is 100 Å². The molecule has 3 heterocycles. The Kier molecular flexibility index (Phi) is 5.27. The van der Waals surface area contributed by atoms with Gasteiger partial charge in [-0.05, 0) is 30.9 Å². The van der Waals surface area contributed by atoms with Gasteiger partial charge in [0.2, 0.25) is 5.91 Å². The number of piperidine rings is 1. The normalized spacial score (nSPS) is 17.3. The standard InChI is InChI=1S/C17H21N5O3/c23-15-6-9-22(17(25)20-15)12-16(24)19-10-13-4-3-8-21(11-13)14-5-1-2-7-18-14/h1-2,5-7,9,13H,3-4,8,10-12H2,(H,19,24)(H,20,23,25)/t13-/m0/s1. The molecular formula is C17H21N5O3. The number of nitrogens with one attached hydrogen (secondary N) is 2. The Morgan fingerprint density at radius 1 is 1.32 bits per heavy atom. The van der Waals surface area contributed by atoms with E-state index in [-0.39, 0.29) is 12.5 Å². The van der Waals surface area contributed by atoms with Gasteiger partial charge in [0.1, 0.15) is 12.4 Å². The first-order chi connectivity index (χ1) is 12.1. The summed E-state index contributed by atoms with van der Waals surface area (Å²) in [5, 5.41) is 2.88. The van der Waals surface area contributed by atoms with Crippen LogP contribution in [0.2, 0.25) is 0 Å². The fourth-order valence-corrected chi connectivity index (χ4v) is 3.02. The van der Waals surface area contributed by atoms with E-state index in [0.717, 1.165) is 31.7 Å². The van der Waals surface area contributed by atoms with Crippen LogP contribution in [-0.2, 0) is 11.3 Å². The summed E-state index contributed by atoms with van der Waals surface area (Å²) in [6.07, 6.45) is 5.20. The van der Waals surface area contributed by atoms with Gasteiger partial charge in [-0.15, -0.1) is 0 Å². The molecule has 0 spiro atoms. The Hall–Kier alpha value is -2.90. The zero-order valence-corrected chi connectivity index (χ0v) is 13.9. The van der Waals surface area contributed by atoms with Crippen LogP contribution in [0.5, 0.6) is 0 Å². The second-order valence-electron chi connectivity index (χ2n) is 6.18. The lowest BCUT2D eigenvalue weighted by atomic mass is 9.98. The van der Waals surface area contributed by atoms with E-state index in [9.17, 15) is 14.4 Å². The summed E-state index contributed by atoms with van der Waals surface area (Å²) in [5.41, 5.74) is -1.06. The van der Waals surface area contributed by atoms with Crippen LogP contribution in [0.15, 0.2) is 46.2 Å². The van der Waals surface area contributed by atoms with Crippen molar-refractivity contribution in [3.8, 4) is 0 Å². The zero-order chi connectivity index (χ0) is 17.6. The maximum atomic E-state index is 12.1. The first-order valence-electron chi connectivity index (χ1n) is 8.34. The summed E-state index contributed by atoms with van der Waals surface area (Å²) in [7, 11) is 0. The molecule has 0 aromatic carbocycles. The number of carbonyl (C=O) groups excluding carboxylic acids is 1. The predicted octanol–water partition coefficient (Wildman–Crippen LogP) is -0.0356. The number of carbonyl (C=O) groups is 1. The van der Waals surface area contributed by atoms with Gasteiger partial charge in [0.05, 0.1) is 0 Å². The van der Waals surface area contributed by atoms with E-state index in [0.29, 0.717) is 12.5 Å². The number of aromatic amines is 1.